The molecule has 0 spiro atoms. The van der Waals surface area contributed by atoms with E-state index in [1.165, 1.54) is 0 Å². The number of aromatic nitrogens is 2. The van der Waals surface area contributed by atoms with E-state index in [-0.39, 0.29) is 5.78 Å². The molecule has 1 aromatic carbocycles. The van der Waals surface area contributed by atoms with Crippen LogP contribution in [0.3, 0.4) is 0 Å². The Morgan fingerprint density at radius 2 is 1.95 bits per heavy atom. The van der Waals surface area contributed by atoms with Crippen LogP contribution >= 0.6 is 0 Å². The summed E-state index contributed by atoms with van der Waals surface area (Å²) in [6.45, 7) is 0. The van der Waals surface area contributed by atoms with Crippen LogP contribution in [0.4, 0.5) is 0 Å². The summed E-state index contributed by atoms with van der Waals surface area (Å²) in [4.78, 5) is 16.5. The van der Waals surface area contributed by atoms with Gasteiger partial charge >= 0.3 is 0 Å². The Bertz CT molecular complexity index is 760. The van der Waals surface area contributed by atoms with Crippen molar-refractivity contribution in [1.29, 1.82) is 0 Å². The maximum Gasteiger partial charge on any atom is 0.143 e. The molecule has 0 bridgehead atoms. The van der Waals surface area contributed by atoms with Gasteiger partial charge in [-0.2, -0.15) is 0 Å². The number of benzene rings is 1. The van der Waals surface area contributed by atoms with Gasteiger partial charge in [0.25, 0.3) is 0 Å². The SMILES string of the molecule is COc1ccc(CC(=O)Cc2cccc3nccn23)cc1. The van der Waals surface area contributed by atoms with Gasteiger partial charge in [0, 0.05) is 30.9 Å². The van der Waals surface area contributed by atoms with E-state index in [2.05, 4.69) is 4.98 Å². The van der Waals surface area contributed by atoms with Gasteiger partial charge in [0.2, 0.25) is 0 Å². The van der Waals surface area contributed by atoms with Gasteiger partial charge in [-0.15, -0.1) is 0 Å². The van der Waals surface area contributed by atoms with Crippen molar-refractivity contribution in [3.05, 3.63) is 66.1 Å². The molecule has 0 N–H and O–H groups in total. The summed E-state index contributed by atoms with van der Waals surface area (Å²) in [5.74, 6) is 0.982. The van der Waals surface area contributed by atoms with Crippen LogP contribution in [0, 0.1) is 0 Å². The van der Waals surface area contributed by atoms with Crippen LogP contribution in [-0.4, -0.2) is 22.3 Å². The second kappa shape index (κ2) is 5.79. The zero-order valence-electron chi connectivity index (χ0n) is 11.8. The smallest absolute Gasteiger partial charge is 0.143 e. The lowest BCUT2D eigenvalue weighted by atomic mass is 10.1. The lowest BCUT2D eigenvalue weighted by Gasteiger charge is -2.06. The highest BCUT2D eigenvalue weighted by Crippen LogP contribution is 2.13. The predicted octanol–water partition coefficient (Wildman–Crippen LogP) is 2.70. The molecule has 4 nitrogen and oxygen atoms in total. The van der Waals surface area contributed by atoms with E-state index in [0.29, 0.717) is 12.8 Å². The van der Waals surface area contributed by atoms with E-state index in [0.717, 1.165) is 22.7 Å². The van der Waals surface area contributed by atoms with Gasteiger partial charge in [0.05, 0.1) is 7.11 Å². The highest BCUT2D eigenvalue weighted by atomic mass is 16.5. The second-order valence-electron chi connectivity index (χ2n) is 4.91. The van der Waals surface area contributed by atoms with E-state index in [1.54, 1.807) is 13.3 Å². The number of carbonyl (C=O) groups is 1. The first kappa shape index (κ1) is 13.4. The fourth-order valence-corrected chi connectivity index (χ4v) is 2.39. The average molecular weight is 280 g/mol. The van der Waals surface area contributed by atoms with E-state index < -0.39 is 0 Å². The largest absolute Gasteiger partial charge is 0.497 e. The molecule has 0 aliphatic rings. The van der Waals surface area contributed by atoms with Crippen molar-refractivity contribution >= 4 is 11.4 Å². The van der Waals surface area contributed by atoms with Crippen molar-refractivity contribution in [2.24, 2.45) is 0 Å². The first-order valence-electron chi connectivity index (χ1n) is 6.82. The molecule has 2 aromatic heterocycles. The fourth-order valence-electron chi connectivity index (χ4n) is 2.39. The lowest BCUT2D eigenvalue weighted by molar-refractivity contribution is -0.117. The molecule has 21 heavy (non-hydrogen) atoms. The number of hydrogen-bond acceptors (Lipinski definition) is 3. The van der Waals surface area contributed by atoms with Crippen molar-refractivity contribution in [3.8, 4) is 5.75 Å². The minimum Gasteiger partial charge on any atom is -0.497 e. The number of methoxy groups -OCH3 is 1. The molecule has 106 valence electrons. The molecule has 0 aliphatic carbocycles. The molecule has 0 unspecified atom stereocenters. The van der Waals surface area contributed by atoms with Crippen LogP contribution in [0.25, 0.3) is 5.65 Å². The Balaban J connectivity index is 1.72. The van der Waals surface area contributed by atoms with Gasteiger partial charge in [-0.25, -0.2) is 4.98 Å². The highest BCUT2D eigenvalue weighted by Gasteiger charge is 2.08. The van der Waals surface area contributed by atoms with Gasteiger partial charge < -0.3 is 9.14 Å². The van der Waals surface area contributed by atoms with Crippen LogP contribution in [-0.2, 0) is 17.6 Å². The Hall–Kier alpha value is -2.62. The summed E-state index contributed by atoms with van der Waals surface area (Å²) in [7, 11) is 1.63. The van der Waals surface area contributed by atoms with E-state index >= 15 is 0 Å². The normalized spacial score (nSPS) is 10.7. The summed E-state index contributed by atoms with van der Waals surface area (Å²) >= 11 is 0. The van der Waals surface area contributed by atoms with Gasteiger partial charge in [-0.1, -0.05) is 18.2 Å². The van der Waals surface area contributed by atoms with E-state index in [1.807, 2.05) is 53.1 Å². The van der Waals surface area contributed by atoms with Gasteiger partial charge in [-0.3, -0.25) is 4.79 Å². The fraction of sp³-hybridized carbons (Fsp3) is 0.176. The molecule has 0 aliphatic heterocycles. The number of rotatable bonds is 5. The van der Waals surface area contributed by atoms with Gasteiger partial charge in [0.15, 0.2) is 0 Å². The van der Waals surface area contributed by atoms with Crippen molar-refractivity contribution in [3.63, 3.8) is 0 Å². The van der Waals surface area contributed by atoms with Crippen molar-refractivity contribution in [2.45, 2.75) is 12.8 Å². The quantitative estimate of drug-likeness (QED) is 0.721. The Morgan fingerprint density at radius 1 is 1.14 bits per heavy atom. The third kappa shape index (κ3) is 2.94. The monoisotopic (exact) mass is 280 g/mol. The third-order valence-electron chi connectivity index (χ3n) is 3.45. The third-order valence-corrected chi connectivity index (χ3v) is 3.45. The first-order chi connectivity index (χ1) is 10.3. The molecule has 0 saturated heterocycles. The molecule has 3 rings (SSSR count). The second-order valence-corrected chi connectivity index (χ2v) is 4.91. The van der Waals surface area contributed by atoms with Crippen LogP contribution in [0.15, 0.2) is 54.9 Å². The molecule has 0 saturated carbocycles. The van der Waals surface area contributed by atoms with Gasteiger partial charge in [-0.05, 0) is 29.8 Å². The van der Waals surface area contributed by atoms with Crippen molar-refractivity contribution in [1.82, 2.24) is 9.38 Å². The predicted molar refractivity (Wildman–Crippen MR) is 80.6 cm³/mol. The standard InChI is InChI=1S/C17H16N2O2/c1-21-16-7-5-13(6-8-16)11-15(20)12-14-3-2-4-17-18-9-10-19(14)17/h2-10H,11-12H2,1H3. The number of ketones is 1. The Labute approximate surface area is 123 Å². The zero-order valence-corrected chi connectivity index (χ0v) is 11.8. The molecule has 0 amide bonds. The highest BCUT2D eigenvalue weighted by molar-refractivity contribution is 5.83. The Morgan fingerprint density at radius 3 is 2.71 bits per heavy atom. The summed E-state index contributed by atoms with van der Waals surface area (Å²) in [6, 6.07) is 13.4. The minimum atomic E-state index is 0.182. The molecule has 0 fully saturated rings. The molecular weight excluding hydrogens is 264 g/mol. The molecule has 0 atom stereocenters. The summed E-state index contributed by atoms with van der Waals surface area (Å²) in [5.41, 5.74) is 2.83. The number of hydrogen-bond donors (Lipinski definition) is 0. The number of fused-ring (bicyclic) bond motifs is 1. The van der Waals surface area contributed by atoms with Crippen LogP contribution < -0.4 is 4.74 Å². The summed E-state index contributed by atoms with van der Waals surface area (Å²) in [6.07, 6.45) is 4.45. The first-order valence-corrected chi connectivity index (χ1v) is 6.82. The summed E-state index contributed by atoms with van der Waals surface area (Å²) in [5, 5.41) is 0. The maximum atomic E-state index is 12.2. The molecule has 3 aromatic rings. The number of Topliss-reactive ketones (excluding diaryl/α,β-unsaturated/α-hetero) is 1. The zero-order chi connectivity index (χ0) is 14.7. The molecular formula is C17H16N2O2. The Kier molecular flexibility index (Phi) is 3.69. The lowest BCUT2D eigenvalue weighted by Crippen LogP contribution is -2.09. The average Bonchev–Trinajstić information content (AvgIpc) is 2.97. The molecule has 2 heterocycles. The van der Waals surface area contributed by atoms with E-state index in [4.69, 9.17) is 4.74 Å². The van der Waals surface area contributed by atoms with Crippen molar-refractivity contribution in [2.75, 3.05) is 7.11 Å². The topological polar surface area (TPSA) is 43.6 Å². The molecule has 4 heteroatoms. The van der Waals surface area contributed by atoms with Gasteiger partial charge in [0.1, 0.15) is 17.2 Å². The van der Waals surface area contributed by atoms with Crippen LogP contribution in [0.1, 0.15) is 11.3 Å². The maximum absolute atomic E-state index is 12.2. The molecule has 0 radical (unpaired) electrons. The number of pyridine rings is 1. The number of nitrogens with zero attached hydrogens (tertiary/aromatic N) is 2. The summed E-state index contributed by atoms with van der Waals surface area (Å²) < 4.78 is 7.06. The van der Waals surface area contributed by atoms with Crippen LogP contribution in [0.5, 0.6) is 5.75 Å². The van der Waals surface area contributed by atoms with Crippen molar-refractivity contribution < 1.29 is 9.53 Å². The minimum absolute atomic E-state index is 0.182. The van der Waals surface area contributed by atoms with Crippen LogP contribution in [0.2, 0.25) is 0 Å². The number of ether oxygens (including phenoxy) is 1. The van der Waals surface area contributed by atoms with E-state index in [9.17, 15) is 4.79 Å². The number of carbonyl (C=O) groups excluding carboxylic acids is 1. The number of imidazole rings is 1.